The van der Waals surface area contributed by atoms with Gasteiger partial charge in [0.15, 0.2) is 0 Å². The zero-order chi connectivity index (χ0) is 13.2. The lowest BCUT2D eigenvalue weighted by Gasteiger charge is -2.31. The number of rotatable bonds is 2. The molecule has 0 aliphatic carbocycles. The molecule has 2 fully saturated rings. The van der Waals surface area contributed by atoms with Crippen molar-refractivity contribution in [3.05, 3.63) is 12.4 Å². The fourth-order valence-electron chi connectivity index (χ4n) is 2.92. The van der Waals surface area contributed by atoms with Gasteiger partial charge in [0.2, 0.25) is 0 Å². The van der Waals surface area contributed by atoms with E-state index in [1.54, 1.807) is 6.33 Å². The molecule has 5 nitrogen and oxygen atoms in total. The molecular formula is C14H23N5. The number of nitrogens with two attached hydrogens (primary N) is 1. The predicted molar refractivity (Wildman–Crippen MR) is 77.4 cm³/mol. The molecule has 2 aliphatic rings. The van der Waals surface area contributed by atoms with Gasteiger partial charge in [0.25, 0.3) is 0 Å². The molecule has 2 aliphatic heterocycles. The zero-order valence-electron chi connectivity index (χ0n) is 11.6. The lowest BCUT2D eigenvalue weighted by atomic mass is 9.99. The minimum absolute atomic E-state index is 0.286. The lowest BCUT2D eigenvalue weighted by Crippen LogP contribution is -2.33. The van der Waals surface area contributed by atoms with Gasteiger partial charge in [-0.25, -0.2) is 9.97 Å². The van der Waals surface area contributed by atoms with E-state index in [-0.39, 0.29) is 6.04 Å². The Kier molecular flexibility index (Phi) is 3.55. The molecule has 2 N–H and O–H groups in total. The number of nitrogens with zero attached hydrogens (tertiary/aromatic N) is 4. The molecule has 3 rings (SSSR count). The molecule has 0 amide bonds. The first-order chi connectivity index (χ1) is 9.22. The SMILES string of the molecule is CC1CCN(c2cc(N3CCC(N)C3)ncn2)CC1. The normalized spacial score (nSPS) is 25.1. The number of hydrogen-bond donors (Lipinski definition) is 1. The van der Waals surface area contributed by atoms with Crippen molar-refractivity contribution in [2.45, 2.75) is 32.2 Å². The van der Waals surface area contributed by atoms with Gasteiger partial charge in [-0.15, -0.1) is 0 Å². The highest BCUT2D eigenvalue weighted by Gasteiger charge is 2.22. The maximum atomic E-state index is 5.96. The molecular weight excluding hydrogens is 238 g/mol. The van der Waals surface area contributed by atoms with Gasteiger partial charge >= 0.3 is 0 Å². The topological polar surface area (TPSA) is 58.3 Å². The molecule has 0 aromatic carbocycles. The van der Waals surface area contributed by atoms with Crippen LogP contribution >= 0.6 is 0 Å². The molecule has 1 aromatic heterocycles. The Morgan fingerprint density at radius 2 is 1.68 bits per heavy atom. The highest BCUT2D eigenvalue weighted by atomic mass is 15.2. The molecule has 2 saturated heterocycles. The van der Waals surface area contributed by atoms with E-state index in [1.807, 2.05) is 0 Å². The first kappa shape index (κ1) is 12.7. The molecule has 1 atom stereocenters. The van der Waals surface area contributed by atoms with Crippen LogP contribution in [0.4, 0.5) is 11.6 Å². The van der Waals surface area contributed by atoms with E-state index in [1.165, 1.54) is 12.8 Å². The van der Waals surface area contributed by atoms with Crippen molar-refractivity contribution in [3.63, 3.8) is 0 Å². The number of hydrogen-bond acceptors (Lipinski definition) is 5. The predicted octanol–water partition coefficient (Wildman–Crippen LogP) is 1.25. The maximum Gasteiger partial charge on any atom is 0.134 e. The van der Waals surface area contributed by atoms with E-state index in [9.17, 15) is 0 Å². The van der Waals surface area contributed by atoms with Crippen LogP contribution in [-0.4, -0.2) is 42.2 Å². The monoisotopic (exact) mass is 261 g/mol. The average Bonchev–Trinajstić information content (AvgIpc) is 2.86. The fourth-order valence-corrected chi connectivity index (χ4v) is 2.92. The number of piperidine rings is 1. The Morgan fingerprint density at radius 3 is 2.32 bits per heavy atom. The smallest absolute Gasteiger partial charge is 0.134 e. The molecule has 0 spiro atoms. The quantitative estimate of drug-likeness (QED) is 0.868. The van der Waals surface area contributed by atoms with Crippen molar-refractivity contribution >= 4 is 11.6 Å². The van der Waals surface area contributed by atoms with Crippen molar-refractivity contribution in [2.75, 3.05) is 36.0 Å². The standard InChI is InChI=1S/C14H23N5/c1-11-2-5-18(6-3-11)13-8-14(17-10-16-13)19-7-4-12(15)9-19/h8,10-12H,2-7,9,15H2,1H3. The van der Waals surface area contributed by atoms with Crippen LogP contribution in [-0.2, 0) is 0 Å². The number of aromatic nitrogens is 2. The van der Waals surface area contributed by atoms with Gasteiger partial charge in [-0.1, -0.05) is 6.92 Å². The third-order valence-electron chi connectivity index (χ3n) is 4.29. The fraction of sp³-hybridized carbons (Fsp3) is 0.714. The summed E-state index contributed by atoms with van der Waals surface area (Å²) in [6.45, 7) is 6.46. The van der Waals surface area contributed by atoms with Crippen LogP contribution in [0.2, 0.25) is 0 Å². The van der Waals surface area contributed by atoms with Gasteiger partial charge in [0.1, 0.15) is 18.0 Å². The third-order valence-corrected chi connectivity index (χ3v) is 4.29. The molecule has 19 heavy (non-hydrogen) atoms. The average molecular weight is 261 g/mol. The van der Waals surface area contributed by atoms with E-state index in [4.69, 9.17) is 5.73 Å². The summed E-state index contributed by atoms with van der Waals surface area (Å²) in [5, 5.41) is 0. The molecule has 3 heterocycles. The van der Waals surface area contributed by atoms with Crippen LogP contribution in [0.3, 0.4) is 0 Å². The molecule has 0 saturated carbocycles. The molecule has 1 unspecified atom stereocenters. The molecule has 1 aromatic rings. The van der Waals surface area contributed by atoms with E-state index in [2.05, 4.69) is 32.8 Å². The summed E-state index contributed by atoms with van der Waals surface area (Å²) in [4.78, 5) is 13.5. The third kappa shape index (κ3) is 2.81. The Labute approximate surface area is 114 Å². The largest absolute Gasteiger partial charge is 0.356 e. The van der Waals surface area contributed by atoms with Gasteiger partial charge in [-0.2, -0.15) is 0 Å². The summed E-state index contributed by atoms with van der Waals surface area (Å²) >= 11 is 0. The van der Waals surface area contributed by atoms with Crippen LogP contribution < -0.4 is 15.5 Å². The van der Waals surface area contributed by atoms with Crippen molar-refractivity contribution in [2.24, 2.45) is 11.7 Å². The van der Waals surface area contributed by atoms with Crippen LogP contribution in [0, 0.1) is 5.92 Å². The van der Waals surface area contributed by atoms with Crippen LogP contribution in [0.25, 0.3) is 0 Å². The van der Waals surface area contributed by atoms with Crippen molar-refractivity contribution in [1.82, 2.24) is 9.97 Å². The first-order valence-electron chi connectivity index (χ1n) is 7.30. The van der Waals surface area contributed by atoms with Crippen molar-refractivity contribution in [1.29, 1.82) is 0 Å². The second kappa shape index (κ2) is 5.33. The lowest BCUT2D eigenvalue weighted by molar-refractivity contribution is 0.436. The number of anilines is 2. The minimum atomic E-state index is 0.286. The summed E-state index contributed by atoms with van der Waals surface area (Å²) in [6, 6.07) is 2.41. The summed E-state index contributed by atoms with van der Waals surface area (Å²) in [5.74, 6) is 2.93. The minimum Gasteiger partial charge on any atom is -0.356 e. The van der Waals surface area contributed by atoms with Crippen molar-refractivity contribution < 1.29 is 0 Å². The van der Waals surface area contributed by atoms with Gasteiger partial charge in [-0.05, 0) is 25.2 Å². The van der Waals surface area contributed by atoms with Crippen LogP contribution in [0.5, 0.6) is 0 Å². The summed E-state index contributed by atoms with van der Waals surface area (Å²) < 4.78 is 0. The maximum absolute atomic E-state index is 5.96. The van der Waals surface area contributed by atoms with Crippen LogP contribution in [0.1, 0.15) is 26.2 Å². The Morgan fingerprint density at radius 1 is 1.05 bits per heavy atom. The first-order valence-corrected chi connectivity index (χ1v) is 7.30. The highest BCUT2D eigenvalue weighted by molar-refractivity contribution is 5.51. The van der Waals surface area contributed by atoms with Gasteiger partial charge in [0.05, 0.1) is 0 Å². The second-order valence-corrected chi connectivity index (χ2v) is 5.90. The molecule has 0 radical (unpaired) electrons. The van der Waals surface area contributed by atoms with Gasteiger partial charge < -0.3 is 15.5 Å². The van der Waals surface area contributed by atoms with E-state index in [0.29, 0.717) is 0 Å². The highest BCUT2D eigenvalue weighted by Crippen LogP contribution is 2.24. The summed E-state index contributed by atoms with van der Waals surface area (Å²) in [6.07, 6.45) is 5.26. The van der Waals surface area contributed by atoms with Gasteiger partial charge in [0, 0.05) is 38.3 Å². The molecule has 0 bridgehead atoms. The van der Waals surface area contributed by atoms with E-state index < -0.39 is 0 Å². The van der Waals surface area contributed by atoms with E-state index in [0.717, 1.165) is 50.2 Å². The van der Waals surface area contributed by atoms with Crippen LogP contribution in [0.15, 0.2) is 12.4 Å². The molecule has 5 heteroatoms. The van der Waals surface area contributed by atoms with Gasteiger partial charge in [-0.3, -0.25) is 0 Å². The Balaban J connectivity index is 1.72. The Bertz CT molecular complexity index is 428. The summed E-state index contributed by atoms with van der Waals surface area (Å²) in [7, 11) is 0. The Hall–Kier alpha value is -1.36. The summed E-state index contributed by atoms with van der Waals surface area (Å²) in [5.41, 5.74) is 5.96. The zero-order valence-corrected chi connectivity index (χ0v) is 11.6. The molecule has 104 valence electrons. The van der Waals surface area contributed by atoms with E-state index >= 15 is 0 Å². The second-order valence-electron chi connectivity index (χ2n) is 5.90. The van der Waals surface area contributed by atoms with Crippen molar-refractivity contribution in [3.8, 4) is 0 Å².